The highest BCUT2D eigenvalue weighted by Crippen LogP contribution is 2.35. The first-order valence-electron chi connectivity index (χ1n) is 9.15. The largest absolute Gasteiger partial charge is 0.306 e. The van der Waals surface area contributed by atoms with Gasteiger partial charge in [0.1, 0.15) is 5.67 Å². The fourth-order valence-corrected chi connectivity index (χ4v) is 3.72. The van der Waals surface area contributed by atoms with E-state index in [0.29, 0.717) is 12.0 Å². The Morgan fingerprint density at radius 2 is 1.32 bits per heavy atom. The second-order valence-corrected chi connectivity index (χ2v) is 8.68. The van der Waals surface area contributed by atoms with Gasteiger partial charge in [-0.2, -0.15) is 0 Å². The molecule has 0 aromatic carbocycles. The minimum Gasteiger partial charge on any atom is -0.306 e. The summed E-state index contributed by atoms with van der Waals surface area (Å²) in [6, 6.07) is 0. The zero-order valence-electron chi connectivity index (χ0n) is 16.1. The van der Waals surface area contributed by atoms with Crippen molar-refractivity contribution in [1.29, 1.82) is 0 Å². The predicted octanol–water partition coefficient (Wildman–Crippen LogP) is 4.45. The summed E-state index contributed by atoms with van der Waals surface area (Å²) in [5.41, 5.74) is -0.347. The molecule has 2 nitrogen and oxygen atoms in total. The van der Waals surface area contributed by atoms with E-state index < -0.39 is 5.67 Å². The Hall–Kier alpha value is -0.150. The standard InChI is InChI=1S/C10H21N.C9H18FN/c1-9(2)10(3)6-5-7-11(4)8-10;1-8(2)9(10)5-4-6-11(3)7-9/h9H,5-8H2,1-4H3;8H,4-7H2,1-3H3. The molecule has 2 saturated heterocycles. The number of alkyl halides is 1. The van der Waals surface area contributed by atoms with Crippen LogP contribution >= 0.6 is 0 Å². The van der Waals surface area contributed by atoms with E-state index >= 15 is 0 Å². The monoisotopic (exact) mass is 314 g/mol. The zero-order valence-corrected chi connectivity index (χ0v) is 16.1. The first-order valence-corrected chi connectivity index (χ1v) is 9.15. The van der Waals surface area contributed by atoms with Gasteiger partial charge in [-0.25, -0.2) is 4.39 Å². The molecule has 2 aliphatic heterocycles. The Kier molecular flexibility index (Phi) is 7.32. The SMILES string of the molecule is CC(C)C1(C)CCCN(C)C1.CC(C)C1(F)CCCN(C)C1. The molecule has 0 spiro atoms. The lowest BCUT2D eigenvalue weighted by molar-refractivity contribution is 0.0186. The van der Waals surface area contributed by atoms with Crippen LogP contribution in [0.5, 0.6) is 0 Å². The van der Waals surface area contributed by atoms with Crippen molar-refractivity contribution >= 4 is 0 Å². The van der Waals surface area contributed by atoms with Crippen LogP contribution in [0.25, 0.3) is 0 Å². The Bertz CT molecular complexity index is 299. The van der Waals surface area contributed by atoms with Gasteiger partial charge in [-0.3, -0.25) is 0 Å². The molecule has 2 aliphatic rings. The van der Waals surface area contributed by atoms with E-state index in [9.17, 15) is 4.39 Å². The molecule has 2 heterocycles. The van der Waals surface area contributed by atoms with E-state index in [1.165, 1.54) is 25.9 Å². The number of halogens is 1. The quantitative estimate of drug-likeness (QED) is 0.743. The molecule has 22 heavy (non-hydrogen) atoms. The smallest absolute Gasteiger partial charge is 0.126 e. The van der Waals surface area contributed by atoms with Crippen LogP contribution in [0.2, 0.25) is 0 Å². The summed E-state index contributed by atoms with van der Waals surface area (Å²) in [6.45, 7) is 15.3. The van der Waals surface area contributed by atoms with Crippen molar-refractivity contribution in [2.45, 2.75) is 66.0 Å². The van der Waals surface area contributed by atoms with Crippen molar-refractivity contribution in [3.05, 3.63) is 0 Å². The maximum absolute atomic E-state index is 13.9. The molecule has 0 aromatic heterocycles. The van der Waals surface area contributed by atoms with Crippen molar-refractivity contribution in [1.82, 2.24) is 9.80 Å². The van der Waals surface area contributed by atoms with Crippen molar-refractivity contribution in [2.24, 2.45) is 17.3 Å². The third-order valence-electron chi connectivity index (χ3n) is 6.01. The summed E-state index contributed by atoms with van der Waals surface area (Å²) in [6.07, 6.45) is 4.54. The highest BCUT2D eigenvalue weighted by atomic mass is 19.1. The molecule has 2 unspecified atom stereocenters. The normalized spacial score (nSPS) is 34.6. The Morgan fingerprint density at radius 3 is 1.64 bits per heavy atom. The summed E-state index contributed by atoms with van der Waals surface area (Å²) in [4.78, 5) is 4.55. The van der Waals surface area contributed by atoms with Crippen molar-refractivity contribution in [3.8, 4) is 0 Å². The number of hydrogen-bond donors (Lipinski definition) is 0. The van der Waals surface area contributed by atoms with Gasteiger partial charge < -0.3 is 9.80 Å². The summed E-state index contributed by atoms with van der Waals surface area (Å²) < 4.78 is 13.9. The van der Waals surface area contributed by atoms with Gasteiger partial charge in [-0.05, 0) is 70.1 Å². The molecule has 0 aliphatic carbocycles. The average molecular weight is 315 g/mol. The molecule has 0 bridgehead atoms. The molecule has 0 radical (unpaired) electrons. The lowest BCUT2D eigenvalue weighted by Crippen LogP contribution is -2.46. The maximum Gasteiger partial charge on any atom is 0.126 e. The van der Waals surface area contributed by atoms with Crippen molar-refractivity contribution in [3.63, 3.8) is 0 Å². The van der Waals surface area contributed by atoms with Gasteiger partial charge in [0, 0.05) is 13.1 Å². The van der Waals surface area contributed by atoms with E-state index in [0.717, 1.165) is 25.3 Å². The molecule has 0 amide bonds. The second kappa shape index (κ2) is 8.10. The van der Waals surface area contributed by atoms with Gasteiger partial charge in [-0.15, -0.1) is 0 Å². The fraction of sp³-hybridized carbons (Fsp3) is 1.00. The summed E-state index contributed by atoms with van der Waals surface area (Å²) >= 11 is 0. The van der Waals surface area contributed by atoms with E-state index in [1.54, 1.807) is 0 Å². The van der Waals surface area contributed by atoms with Crippen LogP contribution in [0.15, 0.2) is 0 Å². The summed E-state index contributed by atoms with van der Waals surface area (Å²) in [7, 11) is 4.23. The molecule has 0 aromatic rings. The van der Waals surface area contributed by atoms with Crippen LogP contribution in [-0.2, 0) is 0 Å². The molecule has 2 rings (SSSR count). The minimum absolute atomic E-state index is 0.158. The third kappa shape index (κ3) is 5.49. The van der Waals surface area contributed by atoms with Crippen LogP contribution in [-0.4, -0.2) is 55.7 Å². The van der Waals surface area contributed by atoms with Gasteiger partial charge in [-0.1, -0.05) is 34.6 Å². The number of hydrogen-bond acceptors (Lipinski definition) is 2. The minimum atomic E-state index is -0.924. The van der Waals surface area contributed by atoms with Crippen LogP contribution in [0.1, 0.15) is 60.3 Å². The highest BCUT2D eigenvalue weighted by Gasteiger charge is 2.37. The number of rotatable bonds is 2. The van der Waals surface area contributed by atoms with E-state index in [-0.39, 0.29) is 5.92 Å². The molecule has 0 N–H and O–H groups in total. The summed E-state index contributed by atoms with van der Waals surface area (Å²) in [5.74, 6) is 0.982. The lowest BCUT2D eigenvalue weighted by Gasteiger charge is -2.41. The molecule has 132 valence electrons. The van der Waals surface area contributed by atoms with Gasteiger partial charge in [0.15, 0.2) is 0 Å². The van der Waals surface area contributed by atoms with Crippen LogP contribution in [0.3, 0.4) is 0 Å². The van der Waals surface area contributed by atoms with E-state index in [4.69, 9.17) is 0 Å². The van der Waals surface area contributed by atoms with Crippen molar-refractivity contribution < 1.29 is 4.39 Å². The number of nitrogens with zero attached hydrogens (tertiary/aromatic N) is 2. The van der Waals surface area contributed by atoms with Crippen LogP contribution in [0, 0.1) is 17.3 Å². The summed E-state index contributed by atoms with van der Waals surface area (Å²) in [5, 5.41) is 0. The van der Waals surface area contributed by atoms with Gasteiger partial charge in [0.25, 0.3) is 0 Å². The third-order valence-corrected chi connectivity index (χ3v) is 6.01. The second-order valence-electron chi connectivity index (χ2n) is 8.68. The predicted molar refractivity (Wildman–Crippen MR) is 95.1 cm³/mol. The number of piperidine rings is 2. The van der Waals surface area contributed by atoms with Gasteiger partial charge in [0.05, 0.1) is 0 Å². The molecular formula is C19H39FN2. The topological polar surface area (TPSA) is 6.48 Å². The first-order chi connectivity index (χ1) is 10.1. The average Bonchev–Trinajstić information content (AvgIpc) is 2.38. The molecular weight excluding hydrogens is 275 g/mol. The Balaban J connectivity index is 0.000000220. The van der Waals surface area contributed by atoms with E-state index in [1.807, 2.05) is 20.9 Å². The highest BCUT2D eigenvalue weighted by molar-refractivity contribution is 4.89. The van der Waals surface area contributed by atoms with Crippen molar-refractivity contribution in [2.75, 3.05) is 40.3 Å². The fourth-order valence-electron chi connectivity index (χ4n) is 3.72. The Labute approximate surface area is 138 Å². The van der Waals surface area contributed by atoms with Gasteiger partial charge >= 0.3 is 0 Å². The molecule has 3 heteroatoms. The van der Waals surface area contributed by atoms with Crippen LogP contribution in [0.4, 0.5) is 4.39 Å². The number of likely N-dealkylation sites (tertiary alicyclic amines) is 2. The molecule has 2 fully saturated rings. The van der Waals surface area contributed by atoms with Crippen LogP contribution < -0.4 is 0 Å². The van der Waals surface area contributed by atoms with Gasteiger partial charge in [0.2, 0.25) is 0 Å². The molecule has 0 saturated carbocycles. The lowest BCUT2D eigenvalue weighted by atomic mass is 9.73. The molecule has 2 atom stereocenters. The maximum atomic E-state index is 13.9. The first kappa shape index (κ1) is 19.9. The Morgan fingerprint density at radius 1 is 0.818 bits per heavy atom. The van der Waals surface area contributed by atoms with E-state index in [2.05, 4.69) is 37.6 Å². The zero-order chi connectivity index (χ0) is 17.0.